The van der Waals surface area contributed by atoms with Crippen molar-refractivity contribution in [2.45, 2.75) is 36.1 Å². The van der Waals surface area contributed by atoms with Gasteiger partial charge in [-0.3, -0.25) is 4.79 Å². The second-order valence-electron chi connectivity index (χ2n) is 3.16. The summed E-state index contributed by atoms with van der Waals surface area (Å²) in [4.78, 5) is 15.0. The summed E-state index contributed by atoms with van der Waals surface area (Å²) in [5.74, 6) is -0.770. The van der Waals surface area contributed by atoms with Crippen LogP contribution in [-0.2, 0) is 4.79 Å². The van der Waals surface area contributed by atoms with Gasteiger partial charge in [-0.25, -0.2) is 4.98 Å². The van der Waals surface area contributed by atoms with Gasteiger partial charge in [-0.15, -0.1) is 0 Å². The van der Waals surface area contributed by atoms with Crippen LogP contribution in [0.3, 0.4) is 0 Å². The van der Waals surface area contributed by atoms with E-state index in [2.05, 4.69) is 4.98 Å². The summed E-state index contributed by atoms with van der Waals surface area (Å²) in [6.45, 7) is 3.82. The molecule has 0 spiro atoms. The fourth-order valence-electron chi connectivity index (χ4n) is 1.14. The second-order valence-corrected chi connectivity index (χ2v) is 5.66. The van der Waals surface area contributed by atoms with Gasteiger partial charge in [0.15, 0.2) is 5.13 Å². The molecule has 1 atom stereocenters. The Balaban J connectivity index is 2.73. The Hall–Kier alpha value is -0.750. The summed E-state index contributed by atoms with van der Waals surface area (Å²) in [5, 5.41) is 9.10. The summed E-state index contributed by atoms with van der Waals surface area (Å²) in [6, 6.07) is 0. The molecule has 1 aromatic rings. The highest BCUT2D eigenvalue weighted by molar-refractivity contribution is 8.02. The fourth-order valence-corrected chi connectivity index (χ4v) is 3.43. The normalized spacial score (nSPS) is 12.7. The van der Waals surface area contributed by atoms with Crippen LogP contribution in [0.15, 0.2) is 4.21 Å². The van der Waals surface area contributed by atoms with Gasteiger partial charge in [-0.05, 0) is 13.3 Å². The van der Waals surface area contributed by atoms with Gasteiger partial charge in [-0.2, -0.15) is 0 Å². The van der Waals surface area contributed by atoms with Gasteiger partial charge in [0.2, 0.25) is 0 Å². The first-order chi connectivity index (χ1) is 7.04. The zero-order chi connectivity index (χ0) is 11.4. The zero-order valence-corrected chi connectivity index (χ0v) is 10.3. The van der Waals surface area contributed by atoms with Crippen LogP contribution in [0.1, 0.15) is 25.5 Å². The number of aromatic nitrogens is 1. The summed E-state index contributed by atoms with van der Waals surface area (Å²) in [7, 11) is 0. The van der Waals surface area contributed by atoms with Gasteiger partial charge < -0.3 is 10.8 Å². The maximum atomic E-state index is 10.9. The number of thioether (sulfide) groups is 1. The summed E-state index contributed by atoms with van der Waals surface area (Å²) >= 11 is 2.70. The number of hydrogen-bond acceptors (Lipinski definition) is 5. The van der Waals surface area contributed by atoms with E-state index in [0.29, 0.717) is 11.6 Å². The van der Waals surface area contributed by atoms with Crippen molar-refractivity contribution in [3.8, 4) is 0 Å². The standard InChI is InChI=1S/C9H14N2O2S2/c1-3-4-6(7(12)13)14-8-5(2)11-9(10)15-8/h6H,3-4H2,1-2H3,(H2,10,11)(H,12,13). The Kier molecular flexibility index (Phi) is 4.41. The van der Waals surface area contributed by atoms with Crippen molar-refractivity contribution in [2.75, 3.05) is 5.73 Å². The van der Waals surface area contributed by atoms with E-state index in [1.54, 1.807) is 0 Å². The molecule has 1 unspecified atom stereocenters. The van der Waals surface area contributed by atoms with Crippen molar-refractivity contribution in [1.29, 1.82) is 0 Å². The highest BCUT2D eigenvalue weighted by Crippen LogP contribution is 2.34. The van der Waals surface area contributed by atoms with Gasteiger partial charge in [0.25, 0.3) is 0 Å². The van der Waals surface area contributed by atoms with Gasteiger partial charge in [0, 0.05) is 0 Å². The lowest BCUT2D eigenvalue weighted by Gasteiger charge is -2.08. The molecule has 1 heterocycles. The number of carbonyl (C=O) groups is 1. The molecule has 1 rings (SSSR count). The largest absolute Gasteiger partial charge is 0.480 e. The Morgan fingerprint density at radius 3 is 2.80 bits per heavy atom. The van der Waals surface area contributed by atoms with Gasteiger partial charge in [0.1, 0.15) is 5.25 Å². The van der Waals surface area contributed by atoms with E-state index < -0.39 is 11.2 Å². The molecule has 0 saturated heterocycles. The number of nitrogens with zero attached hydrogens (tertiary/aromatic N) is 1. The van der Waals surface area contributed by atoms with Crippen LogP contribution in [-0.4, -0.2) is 21.3 Å². The molecule has 0 saturated carbocycles. The molecule has 0 radical (unpaired) electrons. The van der Waals surface area contributed by atoms with Crippen LogP contribution in [0.2, 0.25) is 0 Å². The van der Waals surface area contributed by atoms with Crippen LogP contribution in [0.5, 0.6) is 0 Å². The smallest absolute Gasteiger partial charge is 0.317 e. The molecule has 0 aromatic carbocycles. The van der Waals surface area contributed by atoms with Crippen LogP contribution in [0.25, 0.3) is 0 Å². The highest BCUT2D eigenvalue weighted by atomic mass is 32.2. The minimum Gasteiger partial charge on any atom is -0.480 e. The Morgan fingerprint density at radius 2 is 2.40 bits per heavy atom. The van der Waals surface area contributed by atoms with Crippen LogP contribution >= 0.6 is 23.1 Å². The molecule has 0 bridgehead atoms. The first-order valence-electron chi connectivity index (χ1n) is 4.67. The van der Waals surface area contributed by atoms with Crippen molar-refractivity contribution >= 4 is 34.2 Å². The monoisotopic (exact) mass is 246 g/mol. The van der Waals surface area contributed by atoms with Crippen molar-refractivity contribution in [2.24, 2.45) is 0 Å². The molecule has 1 aromatic heterocycles. The first kappa shape index (κ1) is 12.3. The molecule has 0 amide bonds. The van der Waals surface area contributed by atoms with E-state index in [4.69, 9.17) is 10.8 Å². The SMILES string of the molecule is CCCC(Sc1sc(N)nc1C)C(=O)O. The number of rotatable bonds is 5. The van der Waals surface area contributed by atoms with E-state index >= 15 is 0 Å². The molecule has 3 N–H and O–H groups in total. The Morgan fingerprint density at radius 1 is 1.73 bits per heavy atom. The van der Waals surface area contributed by atoms with E-state index in [-0.39, 0.29) is 0 Å². The molecule has 6 heteroatoms. The number of carboxylic acids is 1. The van der Waals surface area contributed by atoms with E-state index in [0.717, 1.165) is 16.3 Å². The minimum absolute atomic E-state index is 0.395. The number of hydrogen-bond donors (Lipinski definition) is 2. The van der Waals surface area contributed by atoms with Crippen molar-refractivity contribution in [3.05, 3.63) is 5.69 Å². The predicted octanol–water partition coefficient (Wildman–Crippen LogP) is 2.38. The van der Waals surface area contributed by atoms with Crippen molar-refractivity contribution in [1.82, 2.24) is 4.98 Å². The van der Waals surface area contributed by atoms with E-state index in [9.17, 15) is 4.79 Å². The average Bonchev–Trinajstić information content (AvgIpc) is 2.44. The molecule has 84 valence electrons. The minimum atomic E-state index is -0.770. The van der Waals surface area contributed by atoms with Gasteiger partial charge in [0.05, 0.1) is 9.90 Å². The summed E-state index contributed by atoms with van der Waals surface area (Å²) < 4.78 is 0.911. The number of nitrogen functional groups attached to an aromatic ring is 1. The fraction of sp³-hybridized carbons (Fsp3) is 0.556. The van der Waals surface area contributed by atoms with Crippen LogP contribution < -0.4 is 5.73 Å². The lowest BCUT2D eigenvalue weighted by atomic mass is 10.2. The number of nitrogens with two attached hydrogens (primary N) is 1. The third kappa shape index (κ3) is 3.39. The highest BCUT2D eigenvalue weighted by Gasteiger charge is 2.20. The summed E-state index contributed by atoms with van der Waals surface area (Å²) in [5.41, 5.74) is 6.38. The molecule has 4 nitrogen and oxygen atoms in total. The third-order valence-corrected chi connectivity index (χ3v) is 4.40. The molecule has 0 fully saturated rings. The molecule has 15 heavy (non-hydrogen) atoms. The van der Waals surface area contributed by atoms with Crippen LogP contribution in [0.4, 0.5) is 5.13 Å². The maximum Gasteiger partial charge on any atom is 0.317 e. The zero-order valence-electron chi connectivity index (χ0n) is 8.69. The van der Waals surface area contributed by atoms with E-state index in [1.165, 1.54) is 23.1 Å². The van der Waals surface area contributed by atoms with E-state index in [1.807, 2.05) is 13.8 Å². The molecular formula is C9H14N2O2S2. The first-order valence-corrected chi connectivity index (χ1v) is 6.36. The summed E-state index contributed by atoms with van der Waals surface area (Å²) in [6.07, 6.45) is 1.52. The topological polar surface area (TPSA) is 76.2 Å². The number of thiazole rings is 1. The Labute approximate surface area is 96.9 Å². The molecule has 0 aliphatic heterocycles. The van der Waals surface area contributed by atoms with Gasteiger partial charge in [-0.1, -0.05) is 36.4 Å². The third-order valence-electron chi connectivity index (χ3n) is 1.85. The second kappa shape index (κ2) is 5.37. The van der Waals surface area contributed by atoms with Crippen LogP contribution in [0, 0.1) is 6.92 Å². The molecule has 0 aliphatic carbocycles. The Bertz CT molecular complexity index is 352. The van der Waals surface area contributed by atoms with Crippen molar-refractivity contribution in [3.63, 3.8) is 0 Å². The average molecular weight is 246 g/mol. The lowest BCUT2D eigenvalue weighted by molar-refractivity contribution is -0.136. The number of aliphatic carboxylic acids is 1. The number of anilines is 1. The van der Waals surface area contributed by atoms with Gasteiger partial charge >= 0.3 is 5.97 Å². The molecular weight excluding hydrogens is 232 g/mol. The predicted molar refractivity (Wildman–Crippen MR) is 63.5 cm³/mol. The van der Waals surface area contributed by atoms with Crippen molar-refractivity contribution < 1.29 is 9.90 Å². The quantitative estimate of drug-likeness (QED) is 0.780. The number of aryl methyl sites for hydroxylation is 1. The lowest BCUT2D eigenvalue weighted by Crippen LogP contribution is -2.15. The maximum absolute atomic E-state index is 10.9. The number of carboxylic acid groups (broad SMARTS) is 1. The molecule has 0 aliphatic rings.